The minimum Gasteiger partial charge on any atom is -0.362 e. The summed E-state index contributed by atoms with van der Waals surface area (Å²) in [5.41, 5.74) is 9.00. The summed E-state index contributed by atoms with van der Waals surface area (Å²) in [5, 5.41) is 0.646. The smallest absolute Gasteiger partial charge is 0.262 e. The summed E-state index contributed by atoms with van der Waals surface area (Å²) in [6, 6.07) is 13.6. The molecule has 2 aromatic rings. The largest absolute Gasteiger partial charge is 0.362 e. The third kappa shape index (κ3) is 5.11. The molecule has 140 valence electrons. The highest BCUT2D eigenvalue weighted by molar-refractivity contribution is 6.31. The molecule has 2 aromatic carbocycles. The quantitative estimate of drug-likeness (QED) is 0.629. The number of hydrazine groups is 1. The third-order valence-electron chi connectivity index (χ3n) is 4.49. The van der Waals surface area contributed by atoms with Crippen molar-refractivity contribution in [3.63, 3.8) is 0 Å². The Balaban J connectivity index is 1.50. The van der Waals surface area contributed by atoms with Crippen LogP contribution in [0.15, 0.2) is 48.5 Å². The molecule has 1 aliphatic heterocycles. The molecule has 0 aromatic heterocycles. The summed E-state index contributed by atoms with van der Waals surface area (Å²) in [5.74, 6) is -0.661. The lowest BCUT2D eigenvalue weighted by atomic mass is 10.0. The fourth-order valence-electron chi connectivity index (χ4n) is 3.05. The van der Waals surface area contributed by atoms with E-state index in [0.29, 0.717) is 5.02 Å². The van der Waals surface area contributed by atoms with Crippen LogP contribution in [0, 0.1) is 6.92 Å². The van der Waals surface area contributed by atoms with E-state index in [0.717, 1.165) is 36.2 Å². The van der Waals surface area contributed by atoms with Gasteiger partial charge < -0.3 is 4.90 Å². The van der Waals surface area contributed by atoms with Gasteiger partial charge in [-0.3, -0.25) is 20.4 Å². The second-order valence-electron chi connectivity index (χ2n) is 6.53. The van der Waals surface area contributed by atoms with Crippen LogP contribution in [0.4, 0.5) is 5.69 Å². The SMILES string of the molecule is Cc1ccc(/C=C/C(=O)NNC(=O)CN2CCCc3ccccc32)cc1Cl. The van der Waals surface area contributed by atoms with E-state index in [1.54, 1.807) is 12.1 Å². The molecule has 0 fully saturated rings. The number of benzene rings is 2. The lowest BCUT2D eigenvalue weighted by molar-refractivity contribution is -0.125. The molecule has 5 nitrogen and oxygen atoms in total. The van der Waals surface area contributed by atoms with Crippen LogP contribution in [0.2, 0.25) is 5.02 Å². The molecule has 0 saturated heterocycles. The summed E-state index contributed by atoms with van der Waals surface area (Å²) in [4.78, 5) is 26.1. The minimum absolute atomic E-state index is 0.203. The average molecular weight is 384 g/mol. The first-order valence-corrected chi connectivity index (χ1v) is 9.26. The van der Waals surface area contributed by atoms with Gasteiger partial charge in [0, 0.05) is 23.3 Å². The molecule has 3 rings (SSSR count). The van der Waals surface area contributed by atoms with Crippen molar-refractivity contribution in [2.75, 3.05) is 18.0 Å². The molecule has 6 heteroatoms. The van der Waals surface area contributed by atoms with Crippen LogP contribution < -0.4 is 15.8 Å². The number of para-hydroxylation sites is 1. The second-order valence-corrected chi connectivity index (χ2v) is 6.94. The average Bonchev–Trinajstić information content (AvgIpc) is 2.67. The standard InChI is InChI=1S/C21H22ClN3O2/c1-15-8-9-16(13-18(15)22)10-11-20(26)23-24-21(27)14-25-12-4-6-17-5-2-3-7-19(17)25/h2-3,5,7-11,13H,4,6,12,14H2,1H3,(H,23,26)(H,24,27)/b11-10+. The predicted molar refractivity (Wildman–Crippen MR) is 108 cm³/mol. The highest BCUT2D eigenvalue weighted by atomic mass is 35.5. The lowest BCUT2D eigenvalue weighted by Crippen LogP contribution is -2.47. The maximum Gasteiger partial charge on any atom is 0.262 e. The molecule has 2 N–H and O–H groups in total. The number of carbonyl (C=O) groups excluding carboxylic acids is 2. The summed E-state index contributed by atoms with van der Waals surface area (Å²) in [7, 11) is 0. The molecule has 0 aliphatic carbocycles. The number of amides is 2. The van der Waals surface area contributed by atoms with E-state index >= 15 is 0 Å². The van der Waals surface area contributed by atoms with E-state index in [-0.39, 0.29) is 12.5 Å². The topological polar surface area (TPSA) is 61.4 Å². The highest BCUT2D eigenvalue weighted by Gasteiger charge is 2.18. The minimum atomic E-state index is -0.404. The van der Waals surface area contributed by atoms with E-state index in [2.05, 4.69) is 16.9 Å². The number of fused-ring (bicyclic) bond motifs is 1. The zero-order valence-corrected chi connectivity index (χ0v) is 15.9. The van der Waals surface area contributed by atoms with Gasteiger partial charge in [0.1, 0.15) is 0 Å². The van der Waals surface area contributed by atoms with Gasteiger partial charge >= 0.3 is 0 Å². The molecule has 0 atom stereocenters. The van der Waals surface area contributed by atoms with Gasteiger partial charge in [-0.1, -0.05) is 41.9 Å². The maximum absolute atomic E-state index is 12.2. The second kappa shape index (κ2) is 8.73. The predicted octanol–water partition coefficient (Wildman–Crippen LogP) is 3.26. The van der Waals surface area contributed by atoms with E-state index in [1.165, 1.54) is 11.6 Å². The molecule has 0 radical (unpaired) electrons. The van der Waals surface area contributed by atoms with Crippen molar-refractivity contribution in [1.29, 1.82) is 0 Å². The maximum atomic E-state index is 12.2. The number of rotatable bonds is 4. The fourth-order valence-corrected chi connectivity index (χ4v) is 3.24. The normalized spacial score (nSPS) is 13.3. The Morgan fingerprint density at radius 1 is 1.19 bits per heavy atom. The van der Waals surface area contributed by atoms with Crippen molar-refractivity contribution in [2.24, 2.45) is 0 Å². The van der Waals surface area contributed by atoms with Gasteiger partial charge in [-0.25, -0.2) is 0 Å². The monoisotopic (exact) mass is 383 g/mol. The van der Waals surface area contributed by atoms with Crippen LogP contribution in [0.3, 0.4) is 0 Å². The number of anilines is 1. The molecule has 2 amide bonds. The lowest BCUT2D eigenvalue weighted by Gasteiger charge is -2.30. The van der Waals surface area contributed by atoms with Crippen LogP contribution in [-0.2, 0) is 16.0 Å². The molecule has 27 heavy (non-hydrogen) atoms. The van der Waals surface area contributed by atoms with Crippen molar-refractivity contribution < 1.29 is 9.59 Å². The number of hydrogen-bond acceptors (Lipinski definition) is 3. The van der Waals surface area contributed by atoms with Crippen molar-refractivity contribution in [1.82, 2.24) is 10.9 Å². The van der Waals surface area contributed by atoms with Crippen molar-refractivity contribution >= 4 is 35.2 Å². The number of halogens is 1. The van der Waals surface area contributed by atoms with Crippen LogP contribution in [-0.4, -0.2) is 24.9 Å². The summed E-state index contributed by atoms with van der Waals surface area (Å²) >= 11 is 6.06. The first-order valence-electron chi connectivity index (χ1n) is 8.89. The Morgan fingerprint density at radius 3 is 2.81 bits per heavy atom. The Kier molecular flexibility index (Phi) is 6.14. The van der Waals surface area contributed by atoms with Gasteiger partial charge in [-0.15, -0.1) is 0 Å². The molecular weight excluding hydrogens is 362 g/mol. The van der Waals surface area contributed by atoms with Gasteiger partial charge in [-0.05, 0) is 54.7 Å². The van der Waals surface area contributed by atoms with E-state index < -0.39 is 5.91 Å². The Hall–Kier alpha value is -2.79. The summed E-state index contributed by atoms with van der Waals surface area (Å²) < 4.78 is 0. The molecule has 0 unspecified atom stereocenters. The van der Waals surface area contributed by atoms with Gasteiger partial charge in [0.25, 0.3) is 11.8 Å². The fraction of sp³-hybridized carbons (Fsp3) is 0.238. The summed E-state index contributed by atoms with van der Waals surface area (Å²) in [6.07, 6.45) is 5.04. The first-order chi connectivity index (χ1) is 13.0. The van der Waals surface area contributed by atoms with Crippen LogP contribution in [0.1, 0.15) is 23.1 Å². The zero-order valence-electron chi connectivity index (χ0n) is 15.2. The molecule has 0 spiro atoms. The number of hydrogen-bond donors (Lipinski definition) is 2. The molecule has 1 aliphatic rings. The van der Waals surface area contributed by atoms with Gasteiger partial charge in [0.2, 0.25) is 0 Å². The van der Waals surface area contributed by atoms with E-state index in [9.17, 15) is 9.59 Å². The Morgan fingerprint density at radius 2 is 2.00 bits per heavy atom. The van der Waals surface area contributed by atoms with Crippen LogP contribution >= 0.6 is 11.6 Å². The van der Waals surface area contributed by atoms with Crippen LogP contribution in [0.5, 0.6) is 0 Å². The van der Waals surface area contributed by atoms with Gasteiger partial charge in [-0.2, -0.15) is 0 Å². The molecular formula is C21H22ClN3O2. The third-order valence-corrected chi connectivity index (χ3v) is 4.90. The van der Waals surface area contributed by atoms with E-state index in [4.69, 9.17) is 11.6 Å². The zero-order chi connectivity index (χ0) is 19.2. The first kappa shape index (κ1) is 19.0. The number of carbonyl (C=O) groups is 2. The number of nitrogens with one attached hydrogen (secondary N) is 2. The number of nitrogens with zero attached hydrogens (tertiary/aromatic N) is 1. The summed E-state index contributed by atoms with van der Waals surface area (Å²) in [6.45, 7) is 2.94. The van der Waals surface area contributed by atoms with E-state index in [1.807, 2.05) is 42.2 Å². The van der Waals surface area contributed by atoms with Crippen molar-refractivity contribution in [2.45, 2.75) is 19.8 Å². The Labute approximate surface area is 164 Å². The van der Waals surface area contributed by atoms with Crippen molar-refractivity contribution in [3.8, 4) is 0 Å². The van der Waals surface area contributed by atoms with Crippen LogP contribution in [0.25, 0.3) is 6.08 Å². The Bertz CT molecular complexity index is 879. The van der Waals surface area contributed by atoms with Crippen molar-refractivity contribution in [3.05, 3.63) is 70.3 Å². The van der Waals surface area contributed by atoms with Gasteiger partial charge in [0.15, 0.2) is 0 Å². The number of aryl methyl sites for hydroxylation is 2. The highest BCUT2D eigenvalue weighted by Crippen LogP contribution is 2.26. The van der Waals surface area contributed by atoms with Gasteiger partial charge in [0.05, 0.1) is 6.54 Å². The molecule has 1 heterocycles. The molecule has 0 bridgehead atoms. The molecule has 0 saturated carbocycles.